The molecule has 0 amide bonds. The molecule has 0 heterocycles. The highest BCUT2D eigenvalue weighted by molar-refractivity contribution is 7.93. The van der Waals surface area contributed by atoms with Crippen LogP contribution in [0.4, 0.5) is 0 Å². The summed E-state index contributed by atoms with van der Waals surface area (Å²) in [5, 5.41) is 0. The smallest absolute Gasteiger partial charge is 0.264 e. The van der Waals surface area contributed by atoms with Crippen molar-refractivity contribution in [3.63, 3.8) is 0 Å². The second-order valence-electron chi connectivity index (χ2n) is 4.87. The summed E-state index contributed by atoms with van der Waals surface area (Å²) in [4.78, 5) is 0. The van der Waals surface area contributed by atoms with Crippen molar-refractivity contribution < 1.29 is 21.0 Å². The summed E-state index contributed by atoms with van der Waals surface area (Å²) in [5.41, 5.74) is 0. The van der Waals surface area contributed by atoms with Crippen LogP contribution in [0.15, 0.2) is 0 Å². The molecule has 0 aliphatic heterocycles. The fourth-order valence-corrected chi connectivity index (χ4v) is 4.45. The van der Waals surface area contributed by atoms with Gasteiger partial charge in [0, 0.05) is 0 Å². The van der Waals surface area contributed by atoms with Crippen molar-refractivity contribution in [3.05, 3.63) is 0 Å². The van der Waals surface area contributed by atoms with Gasteiger partial charge in [0.05, 0.1) is 23.4 Å². The zero-order chi connectivity index (χ0) is 12.0. The van der Waals surface area contributed by atoms with Crippen LogP contribution in [-0.4, -0.2) is 40.2 Å². The lowest BCUT2D eigenvalue weighted by Gasteiger charge is -2.15. The zero-order valence-corrected chi connectivity index (χ0v) is 10.8. The van der Waals surface area contributed by atoms with E-state index < -0.39 is 24.7 Å². The van der Waals surface area contributed by atoms with Crippen molar-refractivity contribution in [2.45, 2.75) is 30.4 Å². The highest BCUT2D eigenvalue weighted by Crippen LogP contribution is 2.47. The summed E-state index contributed by atoms with van der Waals surface area (Å²) in [6.07, 6.45) is 3.94. The van der Waals surface area contributed by atoms with Crippen LogP contribution in [0, 0.1) is 5.92 Å². The molecule has 0 spiro atoms. The highest BCUT2D eigenvalue weighted by atomic mass is 32.2. The largest absolute Gasteiger partial charge is 0.269 e. The molecule has 0 unspecified atom stereocenters. The maximum Gasteiger partial charge on any atom is 0.264 e. The molecule has 2 fully saturated rings. The zero-order valence-electron chi connectivity index (χ0n) is 9.18. The van der Waals surface area contributed by atoms with Crippen LogP contribution in [0.25, 0.3) is 0 Å². The molecule has 2 aliphatic rings. The van der Waals surface area contributed by atoms with Gasteiger partial charge in [-0.3, -0.25) is 4.18 Å². The molecular weight excluding hydrogens is 252 g/mol. The standard InChI is InChI=1S/C9H16O5S2/c1-15(10,11)14-7-9(4-5-9)16(12,13)6-8-2-3-8/h8H,2-7H2,1H3. The van der Waals surface area contributed by atoms with E-state index in [0.29, 0.717) is 18.8 Å². The van der Waals surface area contributed by atoms with Crippen molar-refractivity contribution in [2.75, 3.05) is 18.6 Å². The van der Waals surface area contributed by atoms with Gasteiger partial charge in [0.2, 0.25) is 0 Å². The van der Waals surface area contributed by atoms with Crippen LogP contribution in [0.5, 0.6) is 0 Å². The molecule has 0 atom stereocenters. The third-order valence-corrected chi connectivity index (χ3v) is 6.46. The van der Waals surface area contributed by atoms with Crippen molar-refractivity contribution in [2.24, 2.45) is 5.92 Å². The first-order valence-electron chi connectivity index (χ1n) is 5.31. The third-order valence-electron chi connectivity index (χ3n) is 3.16. The van der Waals surface area contributed by atoms with E-state index in [0.717, 1.165) is 19.1 Å². The summed E-state index contributed by atoms with van der Waals surface area (Å²) in [7, 11) is -6.75. The van der Waals surface area contributed by atoms with Crippen molar-refractivity contribution in [1.82, 2.24) is 0 Å². The summed E-state index contributed by atoms with van der Waals surface area (Å²) in [6.45, 7) is -0.207. The molecule has 94 valence electrons. The van der Waals surface area contributed by atoms with Crippen LogP contribution in [0.3, 0.4) is 0 Å². The first-order chi connectivity index (χ1) is 7.24. The fourth-order valence-electron chi connectivity index (χ4n) is 1.67. The van der Waals surface area contributed by atoms with E-state index in [1.807, 2.05) is 0 Å². The van der Waals surface area contributed by atoms with Gasteiger partial charge < -0.3 is 0 Å². The summed E-state index contributed by atoms with van der Waals surface area (Å²) in [5.74, 6) is 0.487. The molecule has 0 radical (unpaired) electrons. The van der Waals surface area contributed by atoms with Gasteiger partial charge in [0.25, 0.3) is 10.1 Å². The second-order valence-corrected chi connectivity index (χ2v) is 8.95. The van der Waals surface area contributed by atoms with Crippen molar-refractivity contribution in [1.29, 1.82) is 0 Å². The molecule has 0 aromatic carbocycles. The molecule has 0 bridgehead atoms. The Balaban J connectivity index is 2.01. The first kappa shape index (κ1) is 12.3. The van der Waals surface area contributed by atoms with Gasteiger partial charge >= 0.3 is 0 Å². The molecule has 0 N–H and O–H groups in total. The summed E-state index contributed by atoms with van der Waals surface area (Å²) < 4.78 is 49.4. The molecule has 0 aromatic heterocycles. The Morgan fingerprint density at radius 1 is 1.19 bits per heavy atom. The fraction of sp³-hybridized carbons (Fsp3) is 1.00. The average molecular weight is 268 g/mol. The maximum absolute atomic E-state index is 12.0. The lowest BCUT2D eigenvalue weighted by atomic mass is 10.5. The van der Waals surface area contributed by atoms with Crippen LogP contribution >= 0.6 is 0 Å². The molecular formula is C9H16O5S2. The minimum Gasteiger partial charge on any atom is -0.269 e. The van der Waals surface area contributed by atoms with Gasteiger partial charge in [-0.15, -0.1) is 0 Å². The Labute approximate surface area is 96.2 Å². The van der Waals surface area contributed by atoms with E-state index in [9.17, 15) is 16.8 Å². The number of hydrogen-bond donors (Lipinski definition) is 0. The minimum absolute atomic E-state index is 0.195. The Bertz CT molecular complexity index is 468. The van der Waals surface area contributed by atoms with Gasteiger partial charge in [-0.25, -0.2) is 8.42 Å². The molecule has 16 heavy (non-hydrogen) atoms. The maximum atomic E-state index is 12.0. The molecule has 5 nitrogen and oxygen atoms in total. The van der Waals surface area contributed by atoms with Gasteiger partial charge in [-0.1, -0.05) is 0 Å². The first-order valence-corrected chi connectivity index (χ1v) is 8.78. The lowest BCUT2D eigenvalue weighted by molar-refractivity contribution is 0.311. The average Bonchev–Trinajstić information content (AvgIpc) is 2.93. The van der Waals surface area contributed by atoms with Gasteiger partial charge in [0.15, 0.2) is 9.84 Å². The Kier molecular flexibility index (Phi) is 2.83. The number of rotatable bonds is 6. The van der Waals surface area contributed by atoms with E-state index in [4.69, 9.17) is 0 Å². The highest BCUT2D eigenvalue weighted by Gasteiger charge is 2.56. The van der Waals surface area contributed by atoms with Gasteiger partial charge in [-0.2, -0.15) is 8.42 Å². The lowest BCUT2D eigenvalue weighted by Crippen LogP contribution is -2.32. The monoisotopic (exact) mass is 268 g/mol. The van der Waals surface area contributed by atoms with E-state index in [1.54, 1.807) is 0 Å². The normalized spacial score (nSPS) is 24.3. The molecule has 7 heteroatoms. The predicted molar refractivity (Wildman–Crippen MR) is 59.3 cm³/mol. The third kappa shape index (κ3) is 2.75. The van der Waals surface area contributed by atoms with Crippen LogP contribution in [0.1, 0.15) is 25.7 Å². The number of sulfone groups is 1. The topological polar surface area (TPSA) is 77.5 Å². The van der Waals surface area contributed by atoms with E-state index in [-0.39, 0.29) is 12.4 Å². The quantitative estimate of drug-likeness (QED) is 0.648. The SMILES string of the molecule is CS(=O)(=O)OCC1(S(=O)(=O)CC2CC2)CC1. The van der Waals surface area contributed by atoms with Crippen LogP contribution in [-0.2, 0) is 24.1 Å². The molecule has 2 rings (SSSR count). The van der Waals surface area contributed by atoms with Gasteiger partial charge in [0.1, 0.15) is 0 Å². The van der Waals surface area contributed by atoms with Gasteiger partial charge in [-0.05, 0) is 31.6 Å². The van der Waals surface area contributed by atoms with Crippen LogP contribution in [0.2, 0.25) is 0 Å². The molecule has 2 aliphatic carbocycles. The Hall–Kier alpha value is -0.140. The molecule has 0 saturated heterocycles. The summed E-state index contributed by atoms with van der Waals surface area (Å²) >= 11 is 0. The van der Waals surface area contributed by atoms with Crippen LogP contribution < -0.4 is 0 Å². The van der Waals surface area contributed by atoms with E-state index in [2.05, 4.69) is 4.18 Å². The van der Waals surface area contributed by atoms with E-state index in [1.165, 1.54) is 0 Å². The minimum atomic E-state index is -3.55. The molecule has 0 aromatic rings. The predicted octanol–water partition coefficient (Wildman–Crippen LogP) is 0.320. The van der Waals surface area contributed by atoms with Crippen molar-refractivity contribution >= 4 is 20.0 Å². The second kappa shape index (κ2) is 3.68. The van der Waals surface area contributed by atoms with E-state index >= 15 is 0 Å². The number of hydrogen-bond acceptors (Lipinski definition) is 5. The molecule has 2 saturated carbocycles. The van der Waals surface area contributed by atoms with Crippen molar-refractivity contribution in [3.8, 4) is 0 Å². The summed E-state index contributed by atoms with van der Waals surface area (Å²) in [6, 6.07) is 0. The Morgan fingerprint density at radius 2 is 1.75 bits per heavy atom. The Morgan fingerprint density at radius 3 is 2.12 bits per heavy atom.